The van der Waals surface area contributed by atoms with Crippen LogP contribution in [0.4, 0.5) is 13.2 Å². The molecule has 0 atom stereocenters. The van der Waals surface area contributed by atoms with E-state index in [0.29, 0.717) is 28.4 Å². The van der Waals surface area contributed by atoms with Crippen molar-refractivity contribution in [3.8, 4) is 16.9 Å². The lowest BCUT2D eigenvalue weighted by Crippen LogP contribution is -2.26. The molecule has 0 radical (unpaired) electrons. The van der Waals surface area contributed by atoms with Crippen LogP contribution in [0.1, 0.15) is 48.8 Å². The average molecular weight is 519 g/mol. The summed E-state index contributed by atoms with van der Waals surface area (Å²) in [6.45, 7) is 10.9. The molecule has 0 fully saturated rings. The molecule has 1 heterocycles. The molecule has 0 amide bonds. The molecule has 0 unspecified atom stereocenters. The van der Waals surface area contributed by atoms with E-state index in [1.54, 1.807) is 26.8 Å². The number of rotatable bonds is 6. The van der Waals surface area contributed by atoms with Crippen molar-refractivity contribution in [2.45, 2.75) is 59.0 Å². The Kier molecular flexibility index (Phi) is 8.08. The Morgan fingerprint density at radius 1 is 0.944 bits per heavy atom. The molecule has 8 heteroatoms. The summed E-state index contributed by atoms with van der Waals surface area (Å²) in [4.78, 5) is 26.6. The maximum Gasteiger partial charge on any atom is 0.416 e. The van der Waals surface area contributed by atoms with Crippen LogP contribution in [0, 0.1) is 26.2 Å². The molecule has 0 saturated carbocycles. The van der Waals surface area contributed by atoms with E-state index in [2.05, 4.69) is 0 Å². The summed E-state index contributed by atoms with van der Waals surface area (Å²) in [5.41, 5.74) is 1.52. The number of esters is 1. The van der Waals surface area contributed by atoms with Crippen LogP contribution in [0.3, 0.4) is 0 Å². The molecule has 36 heavy (non-hydrogen) atoms. The molecule has 0 aliphatic carbocycles. The first-order valence-electron chi connectivity index (χ1n) is 11.4. The number of aryl methyl sites for hydroxylation is 4. The van der Waals surface area contributed by atoms with Gasteiger partial charge in [-0.1, -0.05) is 17.7 Å². The Labute approximate surface area is 212 Å². The van der Waals surface area contributed by atoms with Gasteiger partial charge in [-0.05, 0) is 82.5 Å². The van der Waals surface area contributed by atoms with Gasteiger partial charge in [0.2, 0.25) is 0 Å². The van der Waals surface area contributed by atoms with Gasteiger partial charge in [0, 0.05) is 23.1 Å². The SMILES string of the molecule is Cc1cc(C)c(-c2c(OC(=O)C(C)(C)C)cc(CCSc3ccc(C(F)(F)F)cc3)oc2=O)c(C)c1. The highest BCUT2D eigenvalue weighted by atomic mass is 32.2. The predicted molar refractivity (Wildman–Crippen MR) is 136 cm³/mol. The van der Waals surface area contributed by atoms with Gasteiger partial charge in [0.15, 0.2) is 0 Å². The number of hydrogen-bond acceptors (Lipinski definition) is 5. The molecule has 0 aliphatic heterocycles. The Morgan fingerprint density at radius 3 is 2.06 bits per heavy atom. The Morgan fingerprint density at radius 2 is 1.53 bits per heavy atom. The smallest absolute Gasteiger partial charge is 0.416 e. The van der Waals surface area contributed by atoms with Crippen molar-refractivity contribution in [1.82, 2.24) is 0 Å². The summed E-state index contributed by atoms with van der Waals surface area (Å²) < 4.78 is 49.6. The first kappa shape index (κ1) is 27.6. The van der Waals surface area contributed by atoms with Crippen molar-refractivity contribution in [3.63, 3.8) is 0 Å². The number of ether oxygens (including phenoxy) is 1. The largest absolute Gasteiger partial charge is 0.427 e. The minimum atomic E-state index is -4.39. The van der Waals surface area contributed by atoms with E-state index in [1.807, 2.05) is 32.9 Å². The van der Waals surface area contributed by atoms with Crippen molar-refractivity contribution < 1.29 is 27.1 Å². The molecule has 3 aromatic rings. The van der Waals surface area contributed by atoms with Crippen LogP contribution in [-0.4, -0.2) is 11.7 Å². The summed E-state index contributed by atoms with van der Waals surface area (Å²) >= 11 is 1.33. The maximum atomic E-state index is 13.2. The summed E-state index contributed by atoms with van der Waals surface area (Å²) in [5, 5.41) is 0. The summed E-state index contributed by atoms with van der Waals surface area (Å²) in [5.74, 6) is 0.419. The number of alkyl halides is 3. The molecule has 0 saturated heterocycles. The third-order valence-corrected chi connectivity index (χ3v) is 6.52. The first-order valence-corrected chi connectivity index (χ1v) is 12.4. The number of hydrogen-bond donors (Lipinski definition) is 0. The summed E-state index contributed by atoms with van der Waals surface area (Å²) in [6.07, 6.45) is -4.07. The van der Waals surface area contributed by atoms with Crippen LogP contribution in [0.2, 0.25) is 0 Å². The minimum absolute atomic E-state index is 0.135. The van der Waals surface area contributed by atoms with E-state index in [-0.39, 0.29) is 11.3 Å². The highest BCUT2D eigenvalue weighted by molar-refractivity contribution is 7.99. The van der Waals surface area contributed by atoms with E-state index in [4.69, 9.17) is 9.15 Å². The number of thioether (sulfide) groups is 1. The molecule has 0 bridgehead atoms. The second-order valence-corrected chi connectivity index (χ2v) is 10.9. The summed E-state index contributed by atoms with van der Waals surface area (Å²) in [7, 11) is 0. The fraction of sp³-hybridized carbons (Fsp3) is 0.357. The molecule has 1 aromatic heterocycles. The molecule has 0 N–H and O–H groups in total. The topological polar surface area (TPSA) is 56.5 Å². The lowest BCUT2D eigenvalue weighted by molar-refractivity contribution is -0.143. The van der Waals surface area contributed by atoms with Crippen molar-refractivity contribution in [2.75, 3.05) is 5.75 Å². The standard InChI is InChI=1S/C28H29F3O4S/c1-16-13-17(2)23(18(3)14-16)24-22(35-26(33)27(4,5)6)15-20(34-25(24)32)11-12-36-21-9-7-19(8-10-21)28(29,30)31/h7-10,13-15H,11-12H2,1-6H3. The van der Waals surface area contributed by atoms with Gasteiger partial charge in [-0.2, -0.15) is 13.2 Å². The van der Waals surface area contributed by atoms with Crippen LogP contribution < -0.4 is 10.4 Å². The molecular formula is C28H29F3O4S. The first-order chi connectivity index (χ1) is 16.7. The second kappa shape index (κ2) is 10.5. The van der Waals surface area contributed by atoms with Gasteiger partial charge in [-0.25, -0.2) is 4.79 Å². The molecule has 192 valence electrons. The zero-order chi connectivity index (χ0) is 26.8. The number of carbonyl (C=O) groups is 1. The van der Waals surface area contributed by atoms with Gasteiger partial charge in [0.05, 0.1) is 11.0 Å². The van der Waals surface area contributed by atoms with Crippen molar-refractivity contribution >= 4 is 17.7 Å². The van der Waals surface area contributed by atoms with E-state index in [1.165, 1.54) is 23.9 Å². The van der Waals surface area contributed by atoms with Gasteiger partial charge in [0.25, 0.3) is 0 Å². The minimum Gasteiger partial charge on any atom is -0.427 e. The van der Waals surface area contributed by atoms with Gasteiger partial charge in [0.1, 0.15) is 17.1 Å². The zero-order valence-electron chi connectivity index (χ0n) is 21.1. The third kappa shape index (κ3) is 6.60. The van der Waals surface area contributed by atoms with Gasteiger partial charge in [-0.15, -0.1) is 11.8 Å². The van der Waals surface area contributed by atoms with Gasteiger partial charge in [-0.3, -0.25) is 4.79 Å². The molecule has 2 aromatic carbocycles. The fourth-order valence-corrected chi connectivity index (χ4v) is 4.65. The van der Waals surface area contributed by atoms with Crippen LogP contribution in [0.15, 0.2) is 56.6 Å². The normalized spacial score (nSPS) is 12.0. The second-order valence-electron chi connectivity index (χ2n) is 9.77. The molecule has 3 rings (SSSR count). The highest BCUT2D eigenvalue weighted by Gasteiger charge is 2.30. The van der Waals surface area contributed by atoms with Crippen LogP contribution in [0.25, 0.3) is 11.1 Å². The zero-order valence-corrected chi connectivity index (χ0v) is 21.9. The van der Waals surface area contributed by atoms with Crippen molar-refractivity contribution in [1.29, 1.82) is 0 Å². The van der Waals surface area contributed by atoms with E-state index in [9.17, 15) is 22.8 Å². The quantitative estimate of drug-likeness (QED) is 0.249. The van der Waals surface area contributed by atoms with E-state index in [0.717, 1.165) is 28.8 Å². The molecule has 4 nitrogen and oxygen atoms in total. The van der Waals surface area contributed by atoms with E-state index < -0.39 is 28.7 Å². The monoisotopic (exact) mass is 518 g/mol. The van der Waals surface area contributed by atoms with Crippen LogP contribution in [0.5, 0.6) is 5.75 Å². The third-order valence-electron chi connectivity index (χ3n) is 5.51. The Hall–Kier alpha value is -3.00. The van der Waals surface area contributed by atoms with Gasteiger partial charge < -0.3 is 9.15 Å². The van der Waals surface area contributed by atoms with Crippen molar-refractivity contribution in [2.24, 2.45) is 5.41 Å². The highest BCUT2D eigenvalue weighted by Crippen LogP contribution is 2.35. The lowest BCUT2D eigenvalue weighted by Gasteiger charge is -2.19. The average Bonchev–Trinajstić information content (AvgIpc) is 2.74. The Balaban J connectivity index is 1.92. The van der Waals surface area contributed by atoms with E-state index >= 15 is 0 Å². The molecular weight excluding hydrogens is 489 g/mol. The molecule has 0 spiro atoms. The van der Waals surface area contributed by atoms with Crippen LogP contribution in [-0.2, 0) is 17.4 Å². The van der Waals surface area contributed by atoms with Crippen molar-refractivity contribution in [3.05, 3.63) is 80.9 Å². The lowest BCUT2D eigenvalue weighted by atomic mass is 9.94. The number of benzene rings is 2. The fourth-order valence-electron chi connectivity index (χ4n) is 3.78. The number of carbonyl (C=O) groups excluding carboxylic acids is 1. The van der Waals surface area contributed by atoms with Crippen LogP contribution >= 0.6 is 11.8 Å². The predicted octanol–water partition coefficient (Wildman–Crippen LogP) is 7.54. The Bertz CT molecular complexity index is 1290. The summed E-state index contributed by atoms with van der Waals surface area (Å²) in [6, 6.07) is 10.4. The number of halogens is 3. The molecule has 0 aliphatic rings. The van der Waals surface area contributed by atoms with Gasteiger partial charge >= 0.3 is 17.8 Å². The maximum absolute atomic E-state index is 13.2.